The highest BCUT2D eigenvalue weighted by Crippen LogP contribution is 2.41. The summed E-state index contributed by atoms with van der Waals surface area (Å²) in [5, 5.41) is 8.50. The minimum Gasteiger partial charge on any atom is -0.475 e. The van der Waals surface area contributed by atoms with Gasteiger partial charge in [0.25, 0.3) is 0 Å². The van der Waals surface area contributed by atoms with E-state index in [2.05, 4.69) is 20.1 Å². The van der Waals surface area contributed by atoms with Crippen LogP contribution in [0.3, 0.4) is 0 Å². The van der Waals surface area contributed by atoms with Crippen molar-refractivity contribution in [3.8, 4) is 5.88 Å². The number of piperidine rings is 1. The van der Waals surface area contributed by atoms with Gasteiger partial charge in [0.05, 0.1) is 18.4 Å². The Morgan fingerprint density at radius 3 is 3.08 bits per heavy atom. The average molecular weight is 358 g/mol. The van der Waals surface area contributed by atoms with Crippen LogP contribution in [0, 0.1) is 18.2 Å². The Balaban J connectivity index is 1.54. The molecule has 2 aromatic rings. The number of aryl methyl sites for hydroxylation is 1. The molecule has 0 saturated carbocycles. The van der Waals surface area contributed by atoms with Gasteiger partial charge in [-0.3, -0.25) is 0 Å². The molecular weight excluding hydrogens is 335 g/mol. The summed E-state index contributed by atoms with van der Waals surface area (Å²) >= 11 is 0. The van der Waals surface area contributed by atoms with Crippen molar-refractivity contribution in [3.63, 3.8) is 0 Å². The first kappa shape index (κ1) is 17.1. The van der Waals surface area contributed by atoms with Crippen LogP contribution in [0.2, 0.25) is 0 Å². The third-order valence-corrected chi connectivity index (χ3v) is 5.32. The van der Waals surface area contributed by atoms with E-state index < -0.39 is 5.82 Å². The number of aromatic nitrogens is 3. The molecule has 0 spiro atoms. The molecule has 0 N–H and O–H groups in total. The number of fused-ring (bicyclic) bond motifs is 1. The first-order chi connectivity index (χ1) is 12.7. The van der Waals surface area contributed by atoms with Gasteiger partial charge in [-0.05, 0) is 50.5 Å². The molecule has 138 valence electrons. The number of anilines is 1. The summed E-state index contributed by atoms with van der Waals surface area (Å²) in [5.41, 5.74) is 0.695. The van der Waals surface area contributed by atoms with E-state index in [1.165, 1.54) is 6.07 Å². The molecule has 2 aliphatic rings. The van der Waals surface area contributed by atoms with Crippen LogP contribution in [0.4, 0.5) is 10.2 Å². The Morgan fingerprint density at radius 1 is 1.35 bits per heavy atom. The van der Waals surface area contributed by atoms with Gasteiger partial charge in [0, 0.05) is 31.3 Å². The topological polar surface area (TPSA) is 60.4 Å². The van der Waals surface area contributed by atoms with E-state index in [9.17, 15) is 4.39 Å². The van der Waals surface area contributed by atoms with Crippen molar-refractivity contribution in [1.29, 1.82) is 0 Å². The molecule has 4 rings (SSSR count). The Bertz CT molecular complexity index is 757. The van der Waals surface area contributed by atoms with Crippen molar-refractivity contribution in [1.82, 2.24) is 15.2 Å². The molecule has 0 aromatic carbocycles. The fourth-order valence-electron chi connectivity index (χ4n) is 3.95. The quantitative estimate of drug-likeness (QED) is 0.838. The zero-order valence-electron chi connectivity index (χ0n) is 14.9. The number of pyridine rings is 1. The van der Waals surface area contributed by atoms with E-state index in [1.54, 1.807) is 12.3 Å². The lowest BCUT2D eigenvalue weighted by Gasteiger charge is -2.50. The Kier molecular flexibility index (Phi) is 4.72. The summed E-state index contributed by atoms with van der Waals surface area (Å²) in [6, 6.07) is 6.90. The van der Waals surface area contributed by atoms with Gasteiger partial charge in [-0.1, -0.05) is 0 Å². The van der Waals surface area contributed by atoms with Gasteiger partial charge in [0.1, 0.15) is 0 Å². The molecule has 0 unspecified atom stereocenters. The van der Waals surface area contributed by atoms with Gasteiger partial charge in [-0.2, -0.15) is 5.10 Å². The highest BCUT2D eigenvalue weighted by Gasteiger charge is 2.47. The molecule has 0 radical (unpaired) electrons. The molecule has 7 heteroatoms. The van der Waals surface area contributed by atoms with Crippen molar-refractivity contribution < 1.29 is 13.9 Å². The van der Waals surface area contributed by atoms with Crippen LogP contribution >= 0.6 is 0 Å². The minimum atomic E-state index is -0.436. The molecule has 2 atom stereocenters. The van der Waals surface area contributed by atoms with E-state index in [4.69, 9.17) is 9.47 Å². The zero-order chi connectivity index (χ0) is 18.0. The van der Waals surface area contributed by atoms with E-state index in [-0.39, 0.29) is 17.4 Å². The van der Waals surface area contributed by atoms with Gasteiger partial charge in [0.15, 0.2) is 11.6 Å². The lowest BCUT2D eigenvalue weighted by molar-refractivity contribution is -0.110. The van der Waals surface area contributed by atoms with Crippen molar-refractivity contribution in [2.24, 2.45) is 5.41 Å². The van der Waals surface area contributed by atoms with Gasteiger partial charge >= 0.3 is 0 Å². The highest BCUT2D eigenvalue weighted by molar-refractivity contribution is 5.39. The first-order valence-corrected chi connectivity index (χ1v) is 9.06. The summed E-state index contributed by atoms with van der Waals surface area (Å²) in [6.07, 6.45) is 4.49. The van der Waals surface area contributed by atoms with Crippen molar-refractivity contribution in [2.45, 2.75) is 32.3 Å². The van der Waals surface area contributed by atoms with Gasteiger partial charge in [-0.15, -0.1) is 5.10 Å². The molecule has 2 saturated heterocycles. The normalized spacial score (nSPS) is 25.6. The molecule has 2 fully saturated rings. The maximum atomic E-state index is 13.9. The number of hydrogen-bond acceptors (Lipinski definition) is 6. The third kappa shape index (κ3) is 3.35. The maximum absolute atomic E-state index is 13.9. The SMILES string of the molecule is Cc1ccc(N2CC[C@H]3OCCC[C@]3(COc3ncccc3F)C2)nn1. The highest BCUT2D eigenvalue weighted by atomic mass is 19.1. The third-order valence-electron chi connectivity index (χ3n) is 5.32. The van der Waals surface area contributed by atoms with E-state index in [1.807, 2.05) is 19.1 Å². The van der Waals surface area contributed by atoms with Gasteiger partial charge in [-0.25, -0.2) is 9.37 Å². The molecule has 0 aliphatic carbocycles. The van der Waals surface area contributed by atoms with E-state index >= 15 is 0 Å². The number of halogens is 1. The van der Waals surface area contributed by atoms with Crippen molar-refractivity contribution in [3.05, 3.63) is 42.0 Å². The van der Waals surface area contributed by atoms with Crippen LogP contribution in [0.5, 0.6) is 5.88 Å². The first-order valence-electron chi connectivity index (χ1n) is 9.06. The second-order valence-electron chi connectivity index (χ2n) is 7.15. The predicted octanol–water partition coefficient (Wildman–Crippen LogP) is 2.77. The van der Waals surface area contributed by atoms with E-state index in [0.29, 0.717) is 6.61 Å². The molecule has 6 nitrogen and oxygen atoms in total. The van der Waals surface area contributed by atoms with Gasteiger partial charge < -0.3 is 14.4 Å². The van der Waals surface area contributed by atoms with Crippen LogP contribution < -0.4 is 9.64 Å². The molecule has 0 bridgehead atoms. The molecule has 2 aliphatic heterocycles. The maximum Gasteiger partial charge on any atom is 0.250 e. The number of hydrogen-bond donors (Lipinski definition) is 0. The largest absolute Gasteiger partial charge is 0.475 e. The van der Waals surface area contributed by atoms with Crippen LogP contribution in [0.1, 0.15) is 25.0 Å². The molecule has 0 amide bonds. The van der Waals surface area contributed by atoms with Crippen LogP contribution in [-0.2, 0) is 4.74 Å². The average Bonchev–Trinajstić information content (AvgIpc) is 2.67. The summed E-state index contributed by atoms with van der Waals surface area (Å²) in [4.78, 5) is 6.24. The van der Waals surface area contributed by atoms with E-state index in [0.717, 1.165) is 50.5 Å². The summed E-state index contributed by atoms with van der Waals surface area (Å²) < 4.78 is 25.8. The minimum absolute atomic E-state index is 0.0541. The molecule has 4 heterocycles. The van der Waals surface area contributed by atoms with Crippen LogP contribution in [-0.4, -0.2) is 47.6 Å². The smallest absolute Gasteiger partial charge is 0.250 e. The van der Waals surface area contributed by atoms with Crippen LogP contribution in [0.15, 0.2) is 30.5 Å². The summed E-state index contributed by atoms with van der Waals surface area (Å²) in [5.74, 6) is 0.482. The lowest BCUT2D eigenvalue weighted by atomic mass is 9.73. The summed E-state index contributed by atoms with van der Waals surface area (Å²) in [7, 11) is 0. The second-order valence-corrected chi connectivity index (χ2v) is 7.15. The fraction of sp³-hybridized carbons (Fsp3) is 0.526. The number of ether oxygens (including phenoxy) is 2. The fourth-order valence-corrected chi connectivity index (χ4v) is 3.95. The Hall–Kier alpha value is -2.28. The predicted molar refractivity (Wildman–Crippen MR) is 94.7 cm³/mol. The molecular formula is C19H23FN4O2. The Morgan fingerprint density at radius 2 is 2.27 bits per heavy atom. The van der Waals surface area contributed by atoms with Crippen LogP contribution in [0.25, 0.3) is 0 Å². The number of rotatable bonds is 4. The van der Waals surface area contributed by atoms with Gasteiger partial charge in [0.2, 0.25) is 5.88 Å². The second kappa shape index (κ2) is 7.15. The zero-order valence-corrected chi connectivity index (χ0v) is 14.9. The summed E-state index contributed by atoms with van der Waals surface area (Å²) in [6.45, 7) is 4.69. The molecule has 26 heavy (non-hydrogen) atoms. The Labute approximate surface area is 152 Å². The standard InChI is InChI=1S/C19H23FN4O2/c1-14-5-6-17(23-22-14)24-10-7-16-19(12-24,8-3-11-25-16)13-26-18-15(20)4-2-9-21-18/h2,4-6,9,16H,3,7-8,10-13H2,1H3/t16-,19-/m1/s1. The lowest BCUT2D eigenvalue weighted by Crippen LogP contribution is -2.57. The van der Waals surface area contributed by atoms with Crippen molar-refractivity contribution >= 4 is 5.82 Å². The number of nitrogens with zero attached hydrogens (tertiary/aromatic N) is 4. The monoisotopic (exact) mass is 358 g/mol. The van der Waals surface area contributed by atoms with Crippen molar-refractivity contribution in [2.75, 3.05) is 31.2 Å². The molecule has 2 aromatic heterocycles.